The van der Waals surface area contributed by atoms with Crippen LogP contribution < -0.4 is 5.32 Å². The maximum atomic E-state index is 12.2. The van der Waals surface area contributed by atoms with E-state index in [0.29, 0.717) is 16.4 Å². The Bertz CT molecular complexity index is 879. The van der Waals surface area contributed by atoms with Crippen molar-refractivity contribution in [2.75, 3.05) is 5.32 Å². The average Bonchev–Trinajstić information content (AvgIpc) is 3.32. The number of thiophene rings is 1. The van der Waals surface area contributed by atoms with Gasteiger partial charge in [0.05, 0.1) is 4.88 Å². The summed E-state index contributed by atoms with van der Waals surface area (Å²) in [7, 11) is 0. The molecule has 0 spiro atoms. The number of aromatic nitrogens is 5. The average molecular weight is 395 g/mol. The van der Waals surface area contributed by atoms with Gasteiger partial charge in [-0.05, 0) is 30.1 Å². The number of H-pyrrole nitrogens is 1. The van der Waals surface area contributed by atoms with E-state index in [1.165, 1.54) is 11.3 Å². The number of hydrogen-bond donors (Lipinski definition) is 2. The minimum absolute atomic E-state index is 0.113. The monoisotopic (exact) mass is 394 g/mol. The van der Waals surface area contributed by atoms with Crippen molar-refractivity contribution >= 4 is 45.9 Å². The van der Waals surface area contributed by atoms with Gasteiger partial charge in [-0.15, -0.1) is 21.5 Å². The molecule has 0 bridgehead atoms. The highest BCUT2D eigenvalue weighted by Gasteiger charge is 2.13. The van der Waals surface area contributed by atoms with Gasteiger partial charge < -0.3 is 5.32 Å². The van der Waals surface area contributed by atoms with Crippen LogP contribution in [0.3, 0.4) is 0 Å². The van der Waals surface area contributed by atoms with Gasteiger partial charge in [0.1, 0.15) is 5.01 Å². The molecule has 0 saturated heterocycles. The lowest BCUT2D eigenvalue weighted by atomic mass is 10.3. The molecule has 25 heavy (non-hydrogen) atoms. The number of nitrogens with zero attached hydrogens (tertiary/aromatic N) is 4. The Morgan fingerprint density at radius 1 is 1.44 bits per heavy atom. The Kier molecular flexibility index (Phi) is 6.05. The Hall–Kier alpha value is -1.91. The lowest BCUT2D eigenvalue weighted by Crippen LogP contribution is -2.15. The molecule has 0 fully saturated rings. The quantitative estimate of drug-likeness (QED) is 0.566. The van der Waals surface area contributed by atoms with E-state index in [-0.39, 0.29) is 12.3 Å². The van der Waals surface area contributed by atoms with Gasteiger partial charge in [-0.1, -0.05) is 30.7 Å². The third-order valence-electron chi connectivity index (χ3n) is 3.52. The van der Waals surface area contributed by atoms with Crippen molar-refractivity contribution in [2.45, 2.75) is 39.2 Å². The zero-order valence-electron chi connectivity index (χ0n) is 13.7. The summed E-state index contributed by atoms with van der Waals surface area (Å²) in [5, 5.41) is 21.5. The molecule has 0 aliphatic rings. The van der Waals surface area contributed by atoms with E-state index in [0.717, 1.165) is 35.0 Å². The number of anilines is 1. The van der Waals surface area contributed by atoms with Gasteiger partial charge in [0, 0.05) is 19.4 Å². The summed E-state index contributed by atoms with van der Waals surface area (Å²) in [6.45, 7) is 2.59. The molecule has 10 heteroatoms. The SMILES string of the molecule is CCCCc1nnc(NC(=O)CCn2c(-c3cccs3)n[nH]c2=S)s1. The van der Waals surface area contributed by atoms with Crippen molar-refractivity contribution in [1.29, 1.82) is 0 Å². The molecule has 0 atom stereocenters. The molecule has 3 aromatic rings. The number of nitrogens with one attached hydrogen (secondary N) is 2. The highest BCUT2D eigenvalue weighted by atomic mass is 32.1. The molecule has 132 valence electrons. The molecule has 0 unspecified atom stereocenters. The first-order valence-corrected chi connectivity index (χ1v) is 10.1. The first-order valence-electron chi connectivity index (χ1n) is 7.98. The van der Waals surface area contributed by atoms with E-state index in [9.17, 15) is 4.79 Å². The maximum absolute atomic E-state index is 12.2. The number of carbonyl (C=O) groups is 1. The van der Waals surface area contributed by atoms with Gasteiger partial charge in [0.25, 0.3) is 0 Å². The second-order valence-electron chi connectivity index (χ2n) is 5.38. The van der Waals surface area contributed by atoms with E-state index >= 15 is 0 Å². The molecular formula is C15H18N6OS3. The molecule has 0 aliphatic carbocycles. The molecule has 3 aromatic heterocycles. The lowest BCUT2D eigenvalue weighted by molar-refractivity contribution is -0.116. The summed E-state index contributed by atoms with van der Waals surface area (Å²) in [6.07, 6.45) is 3.38. The van der Waals surface area contributed by atoms with Gasteiger partial charge in [-0.3, -0.25) is 14.5 Å². The molecule has 0 saturated carbocycles. The van der Waals surface area contributed by atoms with Crippen LogP contribution in [0, 0.1) is 4.77 Å². The van der Waals surface area contributed by atoms with Gasteiger partial charge >= 0.3 is 0 Å². The predicted octanol–water partition coefficient (Wildman–Crippen LogP) is 3.89. The number of aryl methyl sites for hydroxylation is 1. The van der Waals surface area contributed by atoms with E-state index in [4.69, 9.17) is 12.2 Å². The second-order valence-corrected chi connectivity index (χ2v) is 7.78. The van der Waals surface area contributed by atoms with Crippen LogP contribution in [-0.4, -0.2) is 30.9 Å². The van der Waals surface area contributed by atoms with Crippen LogP contribution in [-0.2, 0) is 17.8 Å². The van der Waals surface area contributed by atoms with Crippen LogP contribution in [0.1, 0.15) is 31.2 Å². The number of rotatable bonds is 8. The topological polar surface area (TPSA) is 88.5 Å². The molecular weight excluding hydrogens is 376 g/mol. The van der Waals surface area contributed by atoms with Crippen molar-refractivity contribution in [3.8, 4) is 10.7 Å². The Morgan fingerprint density at radius 2 is 2.32 bits per heavy atom. The van der Waals surface area contributed by atoms with Crippen molar-refractivity contribution in [3.63, 3.8) is 0 Å². The summed E-state index contributed by atoms with van der Waals surface area (Å²) >= 11 is 8.28. The predicted molar refractivity (Wildman–Crippen MR) is 102 cm³/mol. The van der Waals surface area contributed by atoms with Gasteiger partial charge in [0.15, 0.2) is 10.6 Å². The van der Waals surface area contributed by atoms with Crippen molar-refractivity contribution < 1.29 is 4.79 Å². The van der Waals surface area contributed by atoms with Gasteiger partial charge in [0.2, 0.25) is 11.0 Å². The van der Waals surface area contributed by atoms with Crippen LogP contribution in [0.25, 0.3) is 10.7 Å². The molecule has 3 rings (SSSR count). The fraction of sp³-hybridized carbons (Fsp3) is 0.400. The molecule has 2 N–H and O–H groups in total. The highest BCUT2D eigenvalue weighted by Crippen LogP contribution is 2.23. The smallest absolute Gasteiger partial charge is 0.227 e. The molecule has 0 aliphatic heterocycles. The standard InChI is InChI=1S/C15H18N6OS3/c1-2-3-6-12-17-19-14(25-12)16-11(22)7-8-21-13(18-20-15(21)23)10-5-4-9-24-10/h4-5,9H,2-3,6-8H2,1H3,(H,20,23)(H,16,19,22). The number of hydrogen-bond acceptors (Lipinski definition) is 7. The van der Waals surface area contributed by atoms with Crippen LogP contribution in [0.5, 0.6) is 0 Å². The van der Waals surface area contributed by atoms with Crippen LogP contribution >= 0.6 is 34.9 Å². The zero-order chi connectivity index (χ0) is 17.6. The fourth-order valence-corrected chi connectivity index (χ4v) is 3.99. The number of carbonyl (C=O) groups excluding carboxylic acids is 1. The van der Waals surface area contributed by atoms with E-state index < -0.39 is 0 Å². The summed E-state index contributed by atoms with van der Waals surface area (Å²) < 4.78 is 2.35. The third-order valence-corrected chi connectivity index (χ3v) is 5.60. The van der Waals surface area contributed by atoms with Crippen LogP contribution in [0.2, 0.25) is 0 Å². The third kappa shape index (κ3) is 4.59. The van der Waals surface area contributed by atoms with Gasteiger partial charge in [-0.25, -0.2) is 0 Å². The Morgan fingerprint density at radius 3 is 3.08 bits per heavy atom. The van der Waals surface area contributed by atoms with Crippen molar-refractivity contribution in [2.24, 2.45) is 0 Å². The van der Waals surface area contributed by atoms with Crippen LogP contribution in [0.4, 0.5) is 5.13 Å². The zero-order valence-corrected chi connectivity index (χ0v) is 16.1. The number of unbranched alkanes of at least 4 members (excludes halogenated alkanes) is 1. The van der Waals surface area contributed by atoms with E-state index in [1.807, 2.05) is 22.1 Å². The summed E-state index contributed by atoms with van der Waals surface area (Å²) in [5.74, 6) is 0.643. The minimum Gasteiger partial charge on any atom is -0.300 e. The number of amides is 1. The minimum atomic E-state index is -0.113. The lowest BCUT2D eigenvalue weighted by Gasteiger charge is -2.05. The van der Waals surface area contributed by atoms with Crippen molar-refractivity contribution in [1.82, 2.24) is 25.0 Å². The van der Waals surface area contributed by atoms with E-state index in [1.54, 1.807) is 11.3 Å². The Balaban J connectivity index is 1.59. The maximum Gasteiger partial charge on any atom is 0.227 e. The molecule has 3 heterocycles. The first kappa shape index (κ1) is 17.9. The number of aromatic amines is 1. The fourth-order valence-electron chi connectivity index (χ4n) is 2.25. The molecule has 7 nitrogen and oxygen atoms in total. The molecule has 0 aromatic carbocycles. The highest BCUT2D eigenvalue weighted by molar-refractivity contribution is 7.71. The van der Waals surface area contributed by atoms with Gasteiger partial charge in [-0.2, -0.15) is 5.10 Å². The normalized spacial score (nSPS) is 10.9. The second kappa shape index (κ2) is 8.45. The summed E-state index contributed by atoms with van der Waals surface area (Å²) in [6, 6.07) is 3.94. The summed E-state index contributed by atoms with van der Waals surface area (Å²) in [4.78, 5) is 13.2. The summed E-state index contributed by atoms with van der Waals surface area (Å²) in [5.41, 5.74) is 0. The molecule has 0 radical (unpaired) electrons. The molecule has 1 amide bonds. The van der Waals surface area contributed by atoms with E-state index in [2.05, 4.69) is 32.6 Å². The van der Waals surface area contributed by atoms with Crippen molar-refractivity contribution in [3.05, 3.63) is 27.3 Å². The van der Waals surface area contributed by atoms with Crippen LogP contribution in [0.15, 0.2) is 17.5 Å². The first-order chi connectivity index (χ1) is 12.2. The largest absolute Gasteiger partial charge is 0.300 e. The Labute approximate surface area is 158 Å².